The zero-order valence-electron chi connectivity index (χ0n) is 15.5. The van der Waals surface area contributed by atoms with E-state index in [0.717, 1.165) is 42.9 Å². The van der Waals surface area contributed by atoms with Crippen molar-refractivity contribution in [1.82, 2.24) is 10.6 Å². The van der Waals surface area contributed by atoms with Crippen LogP contribution in [0.2, 0.25) is 0 Å². The van der Waals surface area contributed by atoms with Crippen molar-refractivity contribution in [2.24, 2.45) is 5.92 Å². The number of carbonyl (C=O) groups is 2. The molecule has 0 bridgehead atoms. The van der Waals surface area contributed by atoms with Crippen molar-refractivity contribution in [3.8, 4) is 0 Å². The van der Waals surface area contributed by atoms with Gasteiger partial charge in [-0.05, 0) is 69.1 Å². The molecule has 2 rings (SSSR count). The van der Waals surface area contributed by atoms with E-state index in [1.165, 1.54) is 0 Å². The summed E-state index contributed by atoms with van der Waals surface area (Å²) in [5.74, 6) is 1.37. The Morgan fingerprint density at radius 3 is 2.60 bits per heavy atom. The molecule has 138 valence electrons. The standard InChI is InChI=1S/C20H30N2O2S/c1-14-7-9-17(10-8-14)21-20(24)18(11-12-25-3)22-19(23)16-6-4-5-15(2)13-16/h4-6,13-14,17-18H,7-12H2,1-3H3,(H,21,24)(H,22,23). The number of benzene rings is 1. The van der Waals surface area contributed by atoms with Gasteiger partial charge in [-0.1, -0.05) is 24.6 Å². The third kappa shape index (κ3) is 6.38. The van der Waals surface area contributed by atoms with E-state index in [9.17, 15) is 9.59 Å². The maximum atomic E-state index is 12.7. The first-order valence-corrected chi connectivity index (χ1v) is 10.6. The number of carbonyl (C=O) groups excluding carboxylic acids is 2. The van der Waals surface area contributed by atoms with Crippen molar-refractivity contribution in [2.45, 2.75) is 58.0 Å². The summed E-state index contributed by atoms with van der Waals surface area (Å²) in [6, 6.07) is 7.23. The molecule has 0 aromatic heterocycles. The topological polar surface area (TPSA) is 58.2 Å². The quantitative estimate of drug-likeness (QED) is 0.780. The van der Waals surface area contributed by atoms with Gasteiger partial charge in [-0.2, -0.15) is 11.8 Å². The molecule has 1 aliphatic rings. The van der Waals surface area contributed by atoms with Gasteiger partial charge in [-0.15, -0.1) is 0 Å². The van der Waals surface area contributed by atoms with Crippen LogP contribution < -0.4 is 10.6 Å². The Kier molecular flexibility index (Phi) is 7.82. The Bertz CT molecular complexity index is 583. The molecular formula is C20H30N2O2S. The van der Waals surface area contributed by atoms with Crippen LogP contribution in [0.3, 0.4) is 0 Å². The Labute approximate surface area is 155 Å². The van der Waals surface area contributed by atoms with Crippen LogP contribution in [0, 0.1) is 12.8 Å². The number of amides is 2. The minimum absolute atomic E-state index is 0.0467. The number of aryl methyl sites for hydroxylation is 1. The molecule has 4 nitrogen and oxygen atoms in total. The summed E-state index contributed by atoms with van der Waals surface area (Å²) in [7, 11) is 0. The van der Waals surface area contributed by atoms with Gasteiger partial charge in [0.15, 0.2) is 0 Å². The molecule has 1 aliphatic carbocycles. The van der Waals surface area contributed by atoms with Crippen LogP contribution in [0.1, 0.15) is 54.9 Å². The summed E-state index contributed by atoms with van der Waals surface area (Å²) in [5, 5.41) is 6.08. The molecule has 1 unspecified atom stereocenters. The number of rotatable bonds is 7. The Balaban J connectivity index is 1.97. The zero-order chi connectivity index (χ0) is 18.2. The highest BCUT2D eigenvalue weighted by atomic mass is 32.2. The van der Waals surface area contributed by atoms with Crippen molar-refractivity contribution >= 4 is 23.6 Å². The first-order chi connectivity index (χ1) is 12.0. The highest BCUT2D eigenvalue weighted by Crippen LogP contribution is 2.23. The lowest BCUT2D eigenvalue weighted by Crippen LogP contribution is -2.50. The maximum absolute atomic E-state index is 12.7. The zero-order valence-corrected chi connectivity index (χ0v) is 16.3. The van der Waals surface area contributed by atoms with E-state index in [4.69, 9.17) is 0 Å². The van der Waals surface area contributed by atoms with Gasteiger partial charge in [-0.25, -0.2) is 0 Å². The monoisotopic (exact) mass is 362 g/mol. The Morgan fingerprint density at radius 2 is 1.96 bits per heavy atom. The lowest BCUT2D eigenvalue weighted by molar-refractivity contribution is -0.124. The van der Waals surface area contributed by atoms with Gasteiger partial charge in [0.1, 0.15) is 6.04 Å². The normalized spacial score (nSPS) is 21.4. The molecule has 1 saturated carbocycles. The SMILES string of the molecule is CSCCC(NC(=O)c1cccc(C)c1)C(=O)NC1CCC(C)CC1. The molecule has 0 spiro atoms. The molecular weight excluding hydrogens is 332 g/mol. The van der Waals surface area contributed by atoms with E-state index in [0.29, 0.717) is 12.0 Å². The second-order valence-electron chi connectivity index (χ2n) is 7.14. The first-order valence-electron chi connectivity index (χ1n) is 9.16. The second-order valence-corrected chi connectivity index (χ2v) is 8.13. The number of hydrogen-bond acceptors (Lipinski definition) is 3. The highest BCUT2D eigenvalue weighted by molar-refractivity contribution is 7.98. The van der Waals surface area contributed by atoms with E-state index >= 15 is 0 Å². The molecule has 5 heteroatoms. The fraction of sp³-hybridized carbons (Fsp3) is 0.600. The van der Waals surface area contributed by atoms with E-state index < -0.39 is 6.04 Å². The summed E-state index contributed by atoms with van der Waals surface area (Å²) in [4.78, 5) is 25.2. The minimum Gasteiger partial charge on any atom is -0.352 e. The molecule has 25 heavy (non-hydrogen) atoms. The number of thioether (sulfide) groups is 1. The highest BCUT2D eigenvalue weighted by Gasteiger charge is 2.25. The Hall–Kier alpha value is -1.49. The van der Waals surface area contributed by atoms with Crippen LogP contribution in [-0.4, -0.2) is 35.9 Å². The van der Waals surface area contributed by atoms with Gasteiger partial charge < -0.3 is 10.6 Å². The van der Waals surface area contributed by atoms with Crippen LogP contribution in [-0.2, 0) is 4.79 Å². The van der Waals surface area contributed by atoms with Crippen LogP contribution in [0.25, 0.3) is 0 Å². The summed E-state index contributed by atoms with van der Waals surface area (Å²) < 4.78 is 0. The summed E-state index contributed by atoms with van der Waals surface area (Å²) in [6.45, 7) is 4.22. The fourth-order valence-corrected chi connectivity index (χ4v) is 3.71. The maximum Gasteiger partial charge on any atom is 0.251 e. The molecule has 1 fully saturated rings. The van der Waals surface area contributed by atoms with Gasteiger partial charge >= 0.3 is 0 Å². The van der Waals surface area contributed by atoms with Gasteiger partial charge in [0.2, 0.25) is 5.91 Å². The third-order valence-electron chi connectivity index (χ3n) is 4.87. The molecule has 1 aromatic rings. The second kappa shape index (κ2) is 9.85. The van der Waals surface area contributed by atoms with Crippen molar-refractivity contribution in [3.05, 3.63) is 35.4 Å². The van der Waals surface area contributed by atoms with Gasteiger partial charge in [0.05, 0.1) is 0 Å². The van der Waals surface area contributed by atoms with Gasteiger partial charge in [-0.3, -0.25) is 9.59 Å². The van der Waals surface area contributed by atoms with Crippen molar-refractivity contribution in [3.63, 3.8) is 0 Å². The van der Waals surface area contributed by atoms with Crippen molar-refractivity contribution in [2.75, 3.05) is 12.0 Å². The number of hydrogen-bond donors (Lipinski definition) is 2. The third-order valence-corrected chi connectivity index (χ3v) is 5.52. The van der Waals surface area contributed by atoms with Crippen molar-refractivity contribution < 1.29 is 9.59 Å². The van der Waals surface area contributed by atoms with E-state index in [1.54, 1.807) is 17.8 Å². The largest absolute Gasteiger partial charge is 0.352 e. The number of nitrogens with one attached hydrogen (secondary N) is 2. The lowest BCUT2D eigenvalue weighted by atomic mass is 9.87. The summed E-state index contributed by atoms with van der Waals surface area (Å²) >= 11 is 1.69. The van der Waals surface area contributed by atoms with Crippen LogP contribution in [0.5, 0.6) is 0 Å². The van der Waals surface area contributed by atoms with Crippen LogP contribution >= 0.6 is 11.8 Å². The summed E-state index contributed by atoms with van der Waals surface area (Å²) in [6.07, 6.45) is 7.06. The predicted octanol–water partition coefficient (Wildman–Crippen LogP) is 3.54. The fourth-order valence-electron chi connectivity index (χ4n) is 3.24. The molecule has 1 aromatic carbocycles. The van der Waals surface area contributed by atoms with E-state index in [1.807, 2.05) is 31.4 Å². The average molecular weight is 363 g/mol. The predicted molar refractivity (Wildman–Crippen MR) is 105 cm³/mol. The molecule has 0 radical (unpaired) electrons. The average Bonchev–Trinajstić information content (AvgIpc) is 2.60. The molecule has 0 heterocycles. The molecule has 0 saturated heterocycles. The van der Waals surface area contributed by atoms with E-state index in [2.05, 4.69) is 17.6 Å². The van der Waals surface area contributed by atoms with Crippen LogP contribution in [0.4, 0.5) is 0 Å². The minimum atomic E-state index is -0.472. The van der Waals surface area contributed by atoms with Gasteiger partial charge in [0, 0.05) is 11.6 Å². The summed E-state index contributed by atoms with van der Waals surface area (Å²) in [5.41, 5.74) is 1.64. The smallest absolute Gasteiger partial charge is 0.251 e. The Morgan fingerprint density at radius 1 is 1.24 bits per heavy atom. The molecule has 2 N–H and O–H groups in total. The molecule has 1 atom stereocenters. The van der Waals surface area contributed by atoms with Crippen molar-refractivity contribution in [1.29, 1.82) is 0 Å². The van der Waals surface area contributed by atoms with Gasteiger partial charge in [0.25, 0.3) is 5.91 Å². The first kappa shape index (κ1) is 19.8. The molecule has 2 amide bonds. The lowest BCUT2D eigenvalue weighted by Gasteiger charge is -2.28. The van der Waals surface area contributed by atoms with Crippen LogP contribution in [0.15, 0.2) is 24.3 Å². The van der Waals surface area contributed by atoms with E-state index in [-0.39, 0.29) is 17.9 Å². The molecule has 0 aliphatic heterocycles.